The molecule has 2 fully saturated rings. The first-order valence-electron chi connectivity index (χ1n) is 10.3. The molecule has 2 aliphatic carbocycles. The second-order valence-electron chi connectivity index (χ2n) is 7.95. The number of halogens is 2. The number of hydrogen-bond donors (Lipinski definition) is 2. The predicted octanol–water partition coefficient (Wildman–Crippen LogP) is 2.86. The average Bonchev–Trinajstić information content (AvgIpc) is 3.40. The number of aliphatic imine (C=N–C) groups is 1. The third-order valence-electron chi connectivity index (χ3n) is 6.29. The number of amides is 2. The number of hydrogen-bond acceptors (Lipinski definition) is 3. The standard InChI is InChI=1S/C22H27ClN4O2.HI/c1-24-22(25-10-4-6-14-5-2-3-7-17(14)23)26-11-12-27-20(28)18-15-8-9-16(13-15)19(18)21(27)29;/h2-3,5,7-9,15-16,18-19H,4,6,10-13H2,1H3,(H2,24,25,26);1H. The summed E-state index contributed by atoms with van der Waals surface area (Å²) in [7, 11) is 1.71. The third-order valence-corrected chi connectivity index (χ3v) is 6.65. The van der Waals surface area contributed by atoms with Crippen LogP contribution in [-0.2, 0) is 16.0 Å². The zero-order valence-electron chi connectivity index (χ0n) is 17.0. The van der Waals surface area contributed by atoms with Gasteiger partial charge in [-0.3, -0.25) is 19.5 Å². The van der Waals surface area contributed by atoms with Crippen LogP contribution in [0, 0.1) is 23.7 Å². The van der Waals surface area contributed by atoms with Crippen LogP contribution in [0.2, 0.25) is 5.02 Å². The SMILES string of the molecule is CN=C(NCCCc1ccccc1Cl)NCCN1C(=O)C2C3C=CC(C3)C2C1=O.I. The summed E-state index contributed by atoms with van der Waals surface area (Å²) in [5.74, 6) is 0.936. The zero-order valence-corrected chi connectivity index (χ0v) is 20.1. The van der Waals surface area contributed by atoms with Gasteiger partial charge in [0.25, 0.3) is 0 Å². The van der Waals surface area contributed by atoms with Crippen LogP contribution in [0.25, 0.3) is 0 Å². The topological polar surface area (TPSA) is 73.8 Å². The minimum atomic E-state index is -0.125. The number of guanidine groups is 1. The maximum atomic E-state index is 12.7. The van der Waals surface area contributed by atoms with Crippen molar-refractivity contribution in [3.63, 3.8) is 0 Å². The first kappa shape index (κ1) is 23.1. The smallest absolute Gasteiger partial charge is 0.233 e. The molecule has 6 nitrogen and oxygen atoms in total. The van der Waals surface area contributed by atoms with E-state index < -0.39 is 0 Å². The second-order valence-corrected chi connectivity index (χ2v) is 8.36. The van der Waals surface area contributed by atoms with Crippen LogP contribution in [-0.4, -0.2) is 49.4 Å². The van der Waals surface area contributed by atoms with Crippen LogP contribution in [0.15, 0.2) is 41.4 Å². The molecule has 0 radical (unpaired) electrons. The number of aryl methyl sites for hydroxylation is 1. The molecule has 1 saturated carbocycles. The highest BCUT2D eigenvalue weighted by Gasteiger charge is 2.58. The van der Waals surface area contributed by atoms with E-state index in [2.05, 4.69) is 27.8 Å². The number of fused-ring (bicyclic) bond motifs is 5. The highest BCUT2D eigenvalue weighted by atomic mass is 127. The van der Waals surface area contributed by atoms with E-state index in [-0.39, 0.29) is 59.5 Å². The predicted molar refractivity (Wildman–Crippen MR) is 129 cm³/mol. The summed E-state index contributed by atoms with van der Waals surface area (Å²) >= 11 is 6.18. The summed E-state index contributed by atoms with van der Waals surface area (Å²) in [5, 5.41) is 7.27. The number of imide groups is 1. The fraction of sp³-hybridized carbons (Fsp3) is 0.500. The number of carbonyl (C=O) groups excluding carboxylic acids is 2. The van der Waals surface area contributed by atoms with Crippen molar-refractivity contribution >= 4 is 53.4 Å². The van der Waals surface area contributed by atoms with Crippen molar-refractivity contribution < 1.29 is 9.59 Å². The number of nitrogens with zero attached hydrogens (tertiary/aromatic N) is 2. The van der Waals surface area contributed by atoms with E-state index in [1.807, 2.05) is 24.3 Å². The summed E-state index contributed by atoms with van der Waals surface area (Å²) in [6, 6.07) is 7.86. The van der Waals surface area contributed by atoms with E-state index in [1.54, 1.807) is 7.05 Å². The van der Waals surface area contributed by atoms with Gasteiger partial charge in [-0.2, -0.15) is 0 Å². The van der Waals surface area contributed by atoms with Crippen LogP contribution in [0.4, 0.5) is 0 Å². The van der Waals surface area contributed by atoms with Crippen LogP contribution in [0.5, 0.6) is 0 Å². The van der Waals surface area contributed by atoms with E-state index in [1.165, 1.54) is 4.90 Å². The Morgan fingerprint density at radius 3 is 2.37 bits per heavy atom. The fourth-order valence-corrected chi connectivity index (χ4v) is 5.11. The van der Waals surface area contributed by atoms with Gasteiger partial charge in [-0.05, 0) is 42.7 Å². The molecule has 30 heavy (non-hydrogen) atoms. The number of allylic oxidation sites excluding steroid dienone is 2. The minimum Gasteiger partial charge on any atom is -0.356 e. The van der Waals surface area contributed by atoms with Crippen molar-refractivity contribution in [2.75, 3.05) is 26.7 Å². The Morgan fingerprint density at radius 2 is 1.73 bits per heavy atom. The van der Waals surface area contributed by atoms with Gasteiger partial charge in [0.05, 0.1) is 11.8 Å². The van der Waals surface area contributed by atoms with Gasteiger partial charge in [-0.1, -0.05) is 42.0 Å². The summed E-state index contributed by atoms with van der Waals surface area (Å²) < 4.78 is 0. The number of benzene rings is 1. The first-order chi connectivity index (χ1) is 14.1. The average molecular weight is 543 g/mol. The molecule has 0 aromatic heterocycles. The monoisotopic (exact) mass is 542 g/mol. The lowest BCUT2D eigenvalue weighted by atomic mass is 9.85. The molecule has 2 N–H and O–H groups in total. The van der Waals surface area contributed by atoms with Crippen molar-refractivity contribution in [2.24, 2.45) is 28.7 Å². The molecule has 1 aromatic carbocycles. The summed E-state index contributed by atoms with van der Waals surface area (Å²) in [6.07, 6.45) is 7.01. The molecule has 8 heteroatoms. The molecule has 1 saturated heterocycles. The van der Waals surface area contributed by atoms with E-state index in [0.29, 0.717) is 19.0 Å². The van der Waals surface area contributed by atoms with Gasteiger partial charge >= 0.3 is 0 Å². The third kappa shape index (κ3) is 4.51. The van der Waals surface area contributed by atoms with Crippen molar-refractivity contribution in [1.29, 1.82) is 0 Å². The van der Waals surface area contributed by atoms with Gasteiger partial charge in [-0.25, -0.2) is 0 Å². The quantitative estimate of drug-likeness (QED) is 0.139. The highest BCUT2D eigenvalue weighted by molar-refractivity contribution is 14.0. The first-order valence-corrected chi connectivity index (χ1v) is 10.7. The maximum Gasteiger partial charge on any atom is 0.233 e. The van der Waals surface area contributed by atoms with Crippen LogP contribution in [0.1, 0.15) is 18.4 Å². The Hall–Kier alpha value is -1.61. The lowest BCUT2D eigenvalue weighted by Crippen LogP contribution is -2.44. The van der Waals surface area contributed by atoms with Crippen molar-refractivity contribution in [2.45, 2.75) is 19.3 Å². The van der Waals surface area contributed by atoms with Gasteiger partial charge in [0, 0.05) is 31.7 Å². The Morgan fingerprint density at radius 1 is 1.10 bits per heavy atom. The molecule has 162 valence electrons. The number of carbonyl (C=O) groups is 2. The van der Waals surface area contributed by atoms with Crippen molar-refractivity contribution in [1.82, 2.24) is 15.5 Å². The van der Waals surface area contributed by atoms with Gasteiger partial charge in [0.1, 0.15) is 0 Å². The molecule has 1 aliphatic heterocycles. The molecular formula is C22H28ClIN4O2. The van der Waals surface area contributed by atoms with Gasteiger partial charge in [0.2, 0.25) is 11.8 Å². The van der Waals surface area contributed by atoms with Crippen LogP contribution >= 0.6 is 35.6 Å². The Labute approximate surface area is 199 Å². The number of nitrogens with one attached hydrogen (secondary N) is 2. The van der Waals surface area contributed by atoms with Gasteiger partial charge < -0.3 is 10.6 Å². The van der Waals surface area contributed by atoms with Crippen molar-refractivity contribution in [3.8, 4) is 0 Å². The maximum absolute atomic E-state index is 12.7. The normalized spacial score (nSPS) is 26.7. The Bertz CT molecular complexity index is 829. The van der Waals surface area contributed by atoms with Crippen LogP contribution in [0.3, 0.4) is 0 Å². The Kier molecular flexibility index (Phi) is 7.79. The fourth-order valence-electron chi connectivity index (χ4n) is 4.88. The largest absolute Gasteiger partial charge is 0.356 e. The summed E-state index contributed by atoms with van der Waals surface area (Å²) in [6.45, 7) is 1.62. The molecule has 2 amide bonds. The van der Waals surface area contributed by atoms with E-state index in [9.17, 15) is 9.59 Å². The Balaban J connectivity index is 0.00000256. The molecular weight excluding hydrogens is 515 g/mol. The minimum absolute atomic E-state index is 0. The zero-order chi connectivity index (χ0) is 20.4. The lowest BCUT2D eigenvalue weighted by molar-refractivity contribution is -0.140. The lowest BCUT2D eigenvalue weighted by Gasteiger charge is -2.18. The highest BCUT2D eigenvalue weighted by Crippen LogP contribution is 2.52. The van der Waals surface area contributed by atoms with E-state index >= 15 is 0 Å². The second kappa shape index (κ2) is 10.1. The molecule has 4 atom stereocenters. The molecule has 0 spiro atoms. The molecule has 3 aliphatic rings. The van der Waals surface area contributed by atoms with Gasteiger partial charge in [0.15, 0.2) is 5.96 Å². The van der Waals surface area contributed by atoms with E-state index in [0.717, 1.165) is 36.4 Å². The van der Waals surface area contributed by atoms with Crippen molar-refractivity contribution in [3.05, 3.63) is 47.0 Å². The van der Waals surface area contributed by atoms with Gasteiger partial charge in [-0.15, -0.1) is 24.0 Å². The molecule has 1 aromatic rings. The molecule has 1 heterocycles. The molecule has 2 bridgehead atoms. The summed E-state index contributed by atoms with van der Waals surface area (Å²) in [5.41, 5.74) is 1.14. The molecule has 4 unspecified atom stereocenters. The summed E-state index contributed by atoms with van der Waals surface area (Å²) in [4.78, 5) is 31.0. The molecule has 4 rings (SSSR count). The number of rotatable bonds is 7. The van der Waals surface area contributed by atoms with E-state index in [4.69, 9.17) is 11.6 Å². The number of likely N-dealkylation sites (tertiary alicyclic amines) is 1. The van der Waals surface area contributed by atoms with Crippen LogP contribution < -0.4 is 10.6 Å².